The normalized spacial score (nSPS) is 19.4. The molecule has 1 aliphatic rings. The molecule has 0 aliphatic heterocycles. The van der Waals surface area contributed by atoms with Crippen molar-refractivity contribution >= 4 is 17.5 Å². The van der Waals surface area contributed by atoms with Crippen molar-refractivity contribution in [1.29, 1.82) is 0 Å². The van der Waals surface area contributed by atoms with E-state index in [1.165, 1.54) is 18.9 Å². The van der Waals surface area contributed by atoms with Gasteiger partial charge in [-0.25, -0.2) is 9.97 Å². The molecule has 1 aromatic heterocycles. The lowest BCUT2D eigenvalue weighted by Crippen LogP contribution is -2.55. The number of amides is 1. The molecule has 0 unspecified atom stereocenters. The van der Waals surface area contributed by atoms with Crippen LogP contribution in [0.3, 0.4) is 0 Å². The van der Waals surface area contributed by atoms with Crippen molar-refractivity contribution in [2.75, 3.05) is 6.61 Å². The highest BCUT2D eigenvalue weighted by Crippen LogP contribution is 2.32. The number of hydrogen-bond donors (Lipinski definition) is 2. The number of aliphatic hydroxyl groups is 1. The summed E-state index contributed by atoms with van der Waals surface area (Å²) in [6.07, 6.45) is 8.24. The first-order valence-corrected chi connectivity index (χ1v) is 7.33. The van der Waals surface area contributed by atoms with Crippen LogP contribution in [0, 0.1) is 5.92 Å². The summed E-state index contributed by atoms with van der Waals surface area (Å²) in [4.78, 5) is 20.0. The van der Waals surface area contributed by atoms with E-state index in [4.69, 9.17) is 11.6 Å². The van der Waals surface area contributed by atoms with Gasteiger partial charge in [0.25, 0.3) is 5.91 Å². The fourth-order valence-corrected chi connectivity index (χ4v) is 3.00. The molecule has 5 nitrogen and oxygen atoms in total. The van der Waals surface area contributed by atoms with Gasteiger partial charge in [0, 0.05) is 6.20 Å². The molecule has 1 amide bonds. The van der Waals surface area contributed by atoms with Crippen LogP contribution in [0.15, 0.2) is 12.5 Å². The van der Waals surface area contributed by atoms with Gasteiger partial charge in [0.2, 0.25) is 0 Å². The summed E-state index contributed by atoms with van der Waals surface area (Å²) in [5.74, 6) is -0.0784. The molecule has 6 heteroatoms. The summed E-state index contributed by atoms with van der Waals surface area (Å²) in [5, 5.41) is 12.8. The van der Waals surface area contributed by atoms with E-state index in [1.807, 2.05) is 6.92 Å². The van der Waals surface area contributed by atoms with Crippen LogP contribution in [0.2, 0.25) is 5.02 Å². The molecule has 110 valence electrons. The molecule has 1 fully saturated rings. The van der Waals surface area contributed by atoms with Crippen LogP contribution in [0.25, 0.3) is 0 Å². The summed E-state index contributed by atoms with van der Waals surface area (Å²) in [6, 6.07) is 0. The Balaban J connectivity index is 2.13. The van der Waals surface area contributed by atoms with Crippen LogP contribution in [-0.4, -0.2) is 33.1 Å². The molecule has 0 bridgehead atoms. The standard InChI is InChI=1S/C14H20ClN3O2/c1-14(8-19,10-5-3-2-4-6-10)18-13(20)12-11(15)7-16-9-17-12/h7,9-10,19H,2-6,8H2,1H3,(H,18,20)/t14-/m1/s1. The molecule has 1 heterocycles. The minimum absolute atomic E-state index is 0.0912. The topological polar surface area (TPSA) is 75.1 Å². The number of aromatic nitrogens is 2. The molecule has 1 saturated carbocycles. The third kappa shape index (κ3) is 3.27. The van der Waals surface area contributed by atoms with Crippen molar-refractivity contribution in [3.63, 3.8) is 0 Å². The molecule has 20 heavy (non-hydrogen) atoms. The van der Waals surface area contributed by atoms with E-state index >= 15 is 0 Å². The molecular formula is C14H20ClN3O2. The number of aliphatic hydroxyl groups excluding tert-OH is 1. The molecular weight excluding hydrogens is 278 g/mol. The van der Waals surface area contributed by atoms with E-state index in [-0.39, 0.29) is 29.1 Å². The van der Waals surface area contributed by atoms with Gasteiger partial charge in [0.05, 0.1) is 17.2 Å². The zero-order chi connectivity index (χ0) is 14.6. The molecule has 2 N–H and O–H groups in total. The second kappa shape index (κ2) is 6.50. The van der Waals surface area contributed by atoms with Gasteiger partial charge >= 0.3 is 0 Å². The molecule has 1 aromatic rings. The Labute approximate surface area is 123 Å². The number of nitrogens with zero attached hydrogens (tertiary/aromatic N) is 2. The third-order valence-corrected chi connectivity index (χ3v) is 4.39. The summed E-state index contributed by atoms with van der Waals surface area (Å²) < 4.78 is 0. The SMILES string of the molecule is C[C@](CO)(NC(=O)c1ncncc1Cl)C1CCCCC1. The van der Waals surface area contributed by atoms with Crippen LogP contribution >= 0.6 is 11.6 Å². The fraction of sp³-hybridized carbons (Fsp3) is 0.643. The summed E-state index contributed by atoms with van der Waals surface area (Å²) >= 11 is 5.93. The number of rotatable bonds is 4. The van der Waals surface area contributed by atoms with E-state index < -0.39 is 5.54 Å². The molecule has 0 spiro atoms. The molecule has 2 rings (SSSR count). The van der Waals surface area contributed by atoms with Gasteiger partial charge in [-0.3, -0.25) is 4.79 Å². The maximum absolute atomic E-state index is 12.3. The average Bonchev–Trinajstić information content (AvgIpc) is 2.48. The fourth-order valence-electron chi connectivity index (χ4n) is 2.81. The number of nitrogens with one attached hydrogen (secondary N) is 1. The molecule has 0 aromatic carbocycles. The van der Waals surface area contributed by atoms with Gasteiger partial charge < -0.3 is 10.4 Å². The quantitative estimate of drug-likeness (QED) is 0.893. The van der Waals surface area contributed by atoms with Crippen molar-refractivity contribution in [2.24, 2.45) is 5.92 Å². The summed E-state index contributed by atoms with van der Waals surface area (Å²) in [6.45, 7) is 1.79. The Bertz CT molecular complexity index is 477. The Morgan fingerprint density at radius 3 is 2.80 bits per heavy atom. The lowest BCUT2D eigenvalue weighted by molar-refractivity contribution is 0.0675. The third-order valence-electron chi connectivity index (χ3n) is 4.12. The largest absolute Gasteiger partial charge is 0.394 e. The number of carbonyl (C=O) groups is 1. The van der Waals surface area contributed by atoms with Crippen LogP contribution in [0.4, 0.5) is 0 Å². The summed E-state index contributed by atoms with van der Waals surface area (Å²) in [5.41, 5.74) is -0.483. The predicted molar refractivity (Wildman–Crippen MR) is 76.6 cm³/mol. The first-order valence-electron chi connectivity index (χ1n) is 6.95. The minimum Gasteiger partial charge on any atom is -0.394 e. The Kier molecular flexibility index (Phi) is 4.94. The van der Waals surface area contributed by atoms with Crippen LogP contribution in [0.5, 0.6) is 0 Å². The first-order chi connectivity index (χ1) is 9.57. The zero-order valence-electron chi connectivity index (χ0n) is 11.6. The maximum Gasteiger partial charge on any atom is 0.272 e. The van der Waals surface area contributed by atoms with Crippen molar-refractivity contribution in [3.05, 3.63) is 23.2 Å². The van der Waals surface area contributed by atoms with Crippen LogP contribution in [0.1, 0.15) is 49.5 Å². The highest BCUT2D eigenvalue weighted by molar-refractivity contribution is 6.33. The van der Waals surface area contributed by atoms with Crippen molar-refractivity contribution in [3.8, 4) is 0 Å². The second-order valence-electron chi connectivity index (χ2n) is 5.58. The van der Waals surface area contributed by atoms with E-state index in [0.717, 1.165) is 25.7 Å². The van der Waals surface area contributed by atoms with Gasteiger partial charge in [0.15, 0.2) is 0 Å². The van der Waals surface area contributed by atoms with Gasteiger partial charge in [-0.1, -0.05) is 30.9 Å². The second-order valence-corrected chi connectivity index (χ2v) is 5.99. The Hall–Kier alpha value is -1.20. The van der Waals surface area contributed by atoms with Crippen LogP contribution in [-0.2, 0) is 0 Å². The van der Waals surface area contributed by atoms with Gasteiger partial charge in [0.1, 0.15) is 12.0 Å². The zero-order valence-corrected chi connectivity index (χ0v) is 12.4. The van der Waals surface area contributed by atoms with E-state index in [9.17, 15) is 9.90 Å². The van der Waals surface area contributed by atoms with Gasteiger partial charge in [-0.15, -0.1) is 0 Å². The van der Waals surface area contributed by atoms with E-state index in [2.05, 4.69) is 15.3 Å². The predicted octanol–water partition coefficient (Wildman–Crippen LogP) is 2.19. The van der Waals surface area contributed by atoms with Gasteiger partial charge in [-0.05, 0) is 25.7 Å². The lowest BCUT2D eigenvalue weighted by atomic mass is 9.76. The number of hydrogen-bond acceptors (Lipinski definition) is 4. The first kappa shape index (κ1) is 15.2. The van der Waals surface area contributed by atoms with Crippen molar-refractivity contribution in [2.45, 2.75) is 44.6 Å². The van der Waals surface area contributed by atoms with Gasteiger partial charge in [-0.2, -0.15) is 0 Å². The highest BCUT2D eigenvalue weighted by atomic mass is 35.5. The molecule has 0 radical (unpaired) electrons. The minimum atomic E-state index is -0.633. The van der Waals surface area contributed by atoms with Crippen molar-refractivity contribution < 1.29 is 9.90 Å². The van der Waals surface area contributed by atoms with Crippen molar-refractivity contribution in [1.82, 2.24) is 15.3 Å². The van der Waals surface area contributed by atoms with Crippen LogP contribution < -0.4 is 5.32 Å². The Morgan fingerprint density at radius 1 is 1.50 bits per heavy atom. The summed E-state index contributed by atoms with van der Waals surface area (Å²) in [7, 11) is 0. The molecule has 1 atom stereocenters. The lowest BCUT2D eigenvalue weighted by Gasteiger charge is -2.39. The average molecular weight is 298 g/mol. The molecule has 0 saturated heterocycles. The monoisotopic (exact) mass is 297 g/mol. The number of carbonyl (C=O) groups excluding carboxylic acids is 1. The molecule has 1 aliphatic carbocycles. The smallest absolute Gasteiger partial charge is 0.272 e. The maximum atomic E-state index is 12.3. The number of halogens is 1. The Morgan fingerprint density at radius 2 is 2.20 bits per heavy atom. The highest BCUT2D eigenvalue weighted by Gasteiger charge is 2.36. The van der Waals surface area contributed by atoms with E-state index in [1.54, 1.807) is 0 Å². The van der Waals surface area contributed by atoms with E-state index in [0.29, 0.717) is 0 Å².